The van der Waals surface area contributed by atoms with Gasteiger partial charge in [-0.25, -0.2) is 4.21 Å². The fourth-order valence-corrected chi connectivity index (χ4v) is 19.3. The van der Waals surface area contributed by atoms with Gasteiger partial charge in [0.1, 0.15) is 19.6 Å². The first-order valence-corrected chi connectivity index (χ1v) is 54.0. The zero-order chi connectivity index (χ0) is 107. The second kappa shape index (κ2) is 54.0. The molecule has 0 aliphatic rings. The Bertz CT molecular complexity index is 6420. The van der Waals surface area contributed by atoms with E-state index in [1.807, 2.05) is 173 Å². The molecule has 0 atom stereocenters. The SMILES string of the molecule is Cc1ccc(-c2ccc(C)cc2)cc1.Cc1ccc(-c2cccc(C)c2)cc1.Cc1ccc(C(=O)c2ccc(C)cc2)cc1.Cc1ccc(C(C)(C)c2ccc(C)cc2)cc1.Cc1ccc(C(c2ccc(C)cc2)(C(F)(F)F)C(F)(F)F)cc1.Cc1ccc(Cc2ccc(C)cc2)cc1.Cc1ccc(Oc2ccc(C)cc2)cc1.Cc1ccc(S(=O)c2ccc(C)cc2)cc1.Cc1ccc([Si](C)(C)c2ccc(C)cc2)cc1. The van der Waals surface area contributed by atoms with Gasteiger partial charge >= 0.3 is 12.4 Å². The van der Waals surface area contributed by atoms with E-state index in [0.717, 1.165) is 63.1 Å². The lowest BCUT2D eigenvalue weighted by Gasteiger charge is -2.38. The summed E-state index contributed by atoms with van der Waals surface area (Å²) >= 11 is 0. The third-order valence-corrected chi connectivity index (χ3v) is 30.7. The molecule has 0 saturated carbocycles. The molecular weight excluding hydrogens is 1860 g/mol. The standard InChI is InChI=1S/C17H14F6.C17H20.C16H20Si.C15H14O.C15H16.C14H14OS.C14H14O.2C14H14/c1-11-3-7-13(8-4-11)15(16(18,19)20,17(21,22)23)14-9-5-12(2)6-10-14;2*1-13-5-9-15(10-6-13)17(3,4)16-11-7-14(2)8-12-16;1-11-3-7-13(8-4-11)15(16)14-9-5-12(2)6-10-14;1-12-3-7-14(8-4-12)11-15-9-5-13(2)6-10-15;1-11-3-7-13(8-4-11)16(15)14-9-5-12(2)6-10-14;1-11-3-7-13(8-4-11)15-14-9-5-12(2)6-10-14;1-11-3-7-13(8-4-11)14-9-5-12(2)6-10-14;1-11-6-8-13(9-7-11)14-5-3-4-12(2)10-14/h3-10H,1-2H3;2*5-12H,1-4H3;3-10H,1-2H3;3-10H,11H2,1-2H3;3-10H,1-2H3;3-10H,1-2H3;2*3-10H,1-2H3. The first-order valence-electron chi connectivity index (χ1n) is 49.8. The predicted octanol–water partition coefficient (Wildman–Crippen LogP) is 36.4. The molecular formula is C136H140F6O3SSi. The van der Waals surface area contributed by atoms with Crippen LogP contribution in [-0.4, -0.2) is 30.4 Å². The molecule has 0 spiro atoms. The predicted molar refractivity (Wildman–Crippen MR) is 612 cm³/mol. The Morgan fingerprint density at radius 3 is 0.707 bits per heavy atom. The summed E-state index contributed by atoms with van der Waals surface area (Å²) in [6.07, 6.45) is -10.0. The molecule has 0 amide bonds. The maximum atomic E-state index is 13.7. The number of rotatable bonds is 16. The largest absolute Gasteiger partial charge is 0.457 e. The van der Waals surface area contributed by atoms with E-state index in [9.17, 15) is 35.3 Å². The second-order valence-electron chi connectivity index (χ2n) is 39.5. The van der Waals surface area contributed by atoms with Crippen LogP contribution in [-0.2, 0) is 28.1 Å². The number of alkyl halides is 6. The molecule has 18 aromatic rings. The van der Waals surface area contributed by atoms with E-state index >= 15 is 0 Å². The van der Waals surface area contributed by atoms with Gasteiger partial charge in [0.25, 0.3) is 0 Å². The van der Waals surface area contributed by atoms with Gasteiger partial charge in [-0.1, -0.05) is 526 Å². The Hall–Kier alpha value is -14.6. The molecule has 0 unspecified atom stereocenters. The van der Waals surface area contributed by atoms with Crippen LogP contribution >= 0.6 is 0 Å². The molecule has 0 radical (unpaired) electrons. The van der Waals surface area contributed by atoms with Crippen molar-refractivity contribution in [1.82, 2.24) is 0 Å². The van der Waals surface area contributed by atoms with Gasteiger partial charge in [-0.2, -0.15) is 26.3 Å². The monoisotopic (exact) mass is 2000 g/mol. The molecule has 18 aromatic carbocycles. The average molecular weight is 2000 g/mol. The van der Waals surface area contributed by atoms with E-state index in [2.05, 4.69) is 353 Å². The summed E-state index contributed by atoms with van der Waals surface area (Å²) in [6.45, 7) is 46.0. The van der Waals surface area contributed by atoms with Gasteiger partial charge in [-0.3, -0.25) is 4.79 Å². The van der Waals surface area contributed by atoms with Crippen molar-refractivity contribution < 1.29 is 40.1 Å². The smallest absolute Gasteiger partial charge is 0.411 e. The lowest BCUT2D eigenvalue weighted by Crippen LogP contribution is -2.54. The lowest BCUT2D eigenvalue weighted by atomic mass is 9.72. The maximum Gasteiger partial charge on any atom is 0.411 e. The number of benzene rings is 18. The molecule has 0 heterocycles. The average Bonchev–Trinajstić information content (AvgIpc) is 0.714. The van der Waals surface area contributed by atoms with Crippen molar-refractivity contribution in [2.24, 2.45) is 0 Å². The van der Waals surface area contributed by atoms with Crippen LogP contribution < -0.4 is 15.1 Å². The summed E-state index contributed by atoms with van der Waals surface area (Å²) in [4.78, 5) is 13.8. The minimum absolute atomic E-state index is 0.0708. The van der Waals surface area contributed by atoms with Crippen LogP contribution in [0.25, 0.3) is 22.3 Å². The summed E-state index contributed by atoms with van der Waals surface area (Å²) < 4.78 is 100. The number of carbonyl (C=O) groups is 1. The molecule has 0 saturated heterocycles. The lowest BCUT2D eigenvalue weighted by molar-refractivity contribution is -0.288. The van der Waals surface area contributed by atoms with Crippen molar-refractivity contribution >= 4 is 35.0 Å². The third kappa shape index (κ3) is 34.8. The second-order valence-corrected chi connectivity index (χ2v) is 45.4. The molecule has 147 heavy (non-hydrogen) atoms. The molecule has 0 bridgehead atoms. The molecule has 11 heteroatoms. The molecule has 0 fully saturated rings. The molecule has 0 aliphatic heterocycles. The Balaban J connectivity index is 0.000000170. The molecule has 3 nitrogen and oxygen atoms in total. The van der Waals surface area contributed by atoms with E-state index in [-0.39, 0.29) is 11.2 Å². The van der Waals surface area contributed by atoms with Gasteiger partial charge < -0.3 is 4.74 Å². The number of ketones is 1. The maximum absolute atomic E-state index is 13.7. The van der Waals surface area contributed by atoms with Crippen LogP contribution in [0.1, 0.15) is 163 Å². The molecule has 0 aliphatic carbocycles. The number of carbonyl (C=O) groups excluding carboxylic acids is 1. The Morgan fingerprint density at radius 2 is 0.456 bits per heavy atom. The highest BCUT2D eigenvalue weighted by Gasteiger charge is 2.72. The Morgan fingerprint density at radius 1 is 0.245 bits per heavy atom. The summed E-state index contributed by atoms with van der Waals surface area (Å²) in [7, 11) is -2.56. The zero-order valence-electron chi connectivity index (χ0n) is 89.2. The molecule has 18 rings (SSSR count). The van der Waals surface area contributed by atoms with Crippen molar-refractivity contribution in [3.63, 3.8) is 0 Å². The Labute approximate surface area is 875 Å². The van der Waals surface area contributed by atoms with Gasteiger partial charge in [0.15, 0.2) is 5.78 Å². The van der Waals surface area contributed by atoms with Gasteiger partial charge in [0.05, 0.1) is 10.8 Å². The summed E-state index contributed by atoms with van der Waals surface area (Å²) in [6, 6.07) is 143. The van der Waals surface area contributed by atoms with Gasteiger partial charge in [-0.05, 0) is 235 Å². The highest BCUT2D eigenvalue weighted by molar-refractivity contribution is 7.85. The van der Waals surface area contributed by atoms with E-state index in [0.29, 0.717) is 11.1 Å². The van der Waals surface area contributed by atoms with E-state index in [1.165, 1.54) is 168 Å². The quantitative estimate of drug-likeness (QED) is 0.0550. The van der Waals surface area contributed by atoms with Crippen LogP contribution in [0, 0.1) is 125 Å². The number of aryl methyl sites for hydroxylation is 18. The van der Waals surface area contributed by atoms with Crippen LogP contribution in [0.3, 0.4) is 0 Å². The minimum atomic E-state index is -5.53. The highest BCUT2D eigenvalue weighted by Crippen LogP contribution is 2.56. The van der Waals surface area contributed by atoms with Crippen molar-refractivity contribution in [3.05, 3.63) is 581 Å². The van der Waals surface area contributed by atoms with Crippen LogP contribution in [0.4, 0.5) is 26.3 Å². The Kier molecular flexibility index (Phi) is 42.0. The summed E-state index contributed by atoms with van der Waals surface area (Å²) in [5.41, 5.74) is 28.0. The van der Waals surface area contributed by atoms with Crippen molar-refractivity contribution in [2.75, 3.05) is 0 Å². The third-order valence-electron chi connectivity index (χ3n) is 25.8. The number of hydrogen-bond donors (Lipinski definition) is 0. The van der Waals surface area contributed by atoms with Crippen molar-refractivity contribution in [2.45, 2.75) is 191 Å². The van der Waals surface area contributed by atoms with Gasteiger partial charge in [0, 0.05) is 26.3 Å². The zero-order valence-corrected chi connectivity index (χ0v) is 91.0. The summed E-state index contributed by atoms with van der Waals surface area (Å²) in [5, 5.41) is 3.01. The fraction of sp³-hybridized carbons (Fsp3) is 0.199. The number of hydrogen-bond acceptors (Lipinski definition) is 3. The van der Waals surface area contributed by atoms with Crippen LogP contribution in [0.5, 0.6) is 11.5 Å². The van der Waals surface area contributed by atoms with Gasteiger partial charge in [-0.15, -0.1) is 0 Å². The van der Waals surface area contributed by atoms with Gasteiger partial charge in [0.2, 0.25) is 5.41 Å². The van der Waals surface area contributed by atoms with Crippen LogP contribution in [0.2, 0.25) is 13.1 Å². The topological polar surface area (TPSA) is 43.4 Å². The van der Waals surface area contributed by atoms with E-state index in [4.69, 9.17) is 4.74 Å². The minimum Gasteiger partial charge on any atom is -0.457 e. The molecule has 0 aromatic heterocycles. The summed E-state index contributed by atoms with van der Waals surface area (Å²) in [5.74, 6) is 1.84. The van der Waals surface area contributed by atoms with E-state index < -0.39 is 47.8 Å². The first kappa shape index (κ1) is 114. The van der Waals surface area contributed by atoms with Crippen LogP contribution in [0.15, 0.2) is 447 Å². The highest BCUT2D eigenvalue weighted by atomic mass is 32.2. The van der Waals surface area contributed by atoms with Crippen molar-refractivity contribution in [1.29, 1.82) is 0 Å². The first-order chi connectivity index (χ1) is 69.8. The number of ether oxygens (including phenoxy) is 1. The molecule has 754 valence electrons. The number of halogens is 6. The fourth-order valence-electron chi connectivity index (χ4n) is 15.9. The molecule has 0 N–H and O–H groups in total. The van der Waals surface area contributed by atoms with E-state index in [1.54, 1.807) is 13.8 Å². The van der Waals surface area contributed by atoms with Crippen molar-refractivity contribution in [3.8, 4) is 33.8 Å². The normalized spacial score (nSPS) is 11.0.